The van der Waals surface area contributed by atoms with Crippen molar-refractivity contribution in [2.45, 2.75) is 6.54 Å². The number of nitriles is 1. The molecule has 0 aliphatic heterocycles. The highest BCUT2D eigenvalue weighted by atomic mass is 15.0. The molecule has 3 heteroatoms. The number of aromatic nitrogens is 1. The Balaban J connectivity index is 2.08. The van der Waals surface area contributed by atoms with Gasteiger partial charge in [0.05, 0.1) is 11.6 Å². The van der Waals surface area contributed by atoms with E-state index in [1.165, 1.54) is 5.56 Å². The Morgan fingerprint density at radius 2 is 1.89 bits per heavy atom. The SMILES string of the molecule is [B]c1cn(Cc2ccccc2)c2ccc(C#N)cc12. The lowest BCUT2D eigenvalue weighted by Gasteiger charge is -2.05. The molecule has 0 aliphatic rings. The highest BCUT2D eigenvalue weighted by molar-refractivity contribution is 6.38. The molecule has 0 saturated heterocycles. The van der Waals surface area contributed by atoms with Crippen LogP contribution in [0.15, 0.2) is 54.7 Å². The minimum Gasteiger partial charge on any atom is -0.344 e. The van der Waals surface area contributed by atoms with Crippen LogP contribution in [0, 0.1) is 11.3 Å². The highest BCUT2D eigenvalue weighted by Gasteiger charge is 2.06. The maximum atomic E-state index is 8.93. The molecule has 0 bridgehead atoms. The Labute approximate surface area is 113 Å². The minimum absolute atomic E-state index is 0.636. The van der Waals surface area contributed by atoms with Crippen LogP contribution in [0.25, 0.3) is 10.9 Å². The molecule has 88 valence electrons. The van der Waals surface area contributed by atoms with E-state index in [2.05, 4.69) is 22.8 Å². The van der Waals surface area contributed by atoms with E-state index in [1.54, 1.807) is 0 Å². The molecule has 0 saturated carbocycles. The summed E-state index contributed by atoms with van der Waals surface area (Å²) in [6.07, 6.45) is 1.93. The molecule has 0 fully saturated rings. The van der Waals surface area contributed by atoms with E-state index in [4.69, 9.17) is 13.1 Å². The number of nitrogens with zero attached hydrogens (tertiary/aromatic N) is 2. The lowest BCUT2D eigenvalue weighted by atomic mass is 9.95. The predicted molar refractivity (Wildman–Crippen MR) is 77.6 cm³/mol. The van der Waals surface area contributed by atoms with Crippen LogP contribution in [0.2, 0.25) is 0 Å². The van der Waals surface area contributed by atoms with Crippen molar-refractivity contribution in [3.63, 3.8) is 0 Å². The zero-order chi connectivity index (χ0) is 13.2. The van der Waals surface area contributed by atoms with Crippen molar-refractivity contribution in [1.82, 2.24) is 4.57 Å². The van der Waals surface area contributed by atoms with Gasteiger partial charge < -0.3 is 4.57 Å². The molecule has 3 aromatic rings. The van der Waals surface area contributed by atoms with Gasteiger partial charge in [-0.05, 0) is 35.3 Å². The Morgan fingerprint density at radius 3 is 2.63 bits per heavy atom. The molecule has 1 aromatic heterocycles. The highest BCUT2D eigenvalue weighted by Crippen LogP contribution is 2.16. The van der Waals surface area contributed by atoms with Crippen molar-refractivity contribution in [2.24, 2.45) is 0 Å². The van der Waals surface area contributed by atoms with Gasteiger partial charge in [-0.3, -0.25) is 0 Å². The lowest BCUT2D eigenvalue weighted by molar-refractivity contribution is 0.839. The molecule has 1 heterocycles. The van der Waals surface area contributed by atoms with Gasteiger partial charge in [-0.15, -0.1) is 0 Å². The van der Waals surface area contributed by atoms with Crippen LogP contribution in [0.1, 0.15) is 11.1 Å². The van der Waals surface area contributed by atoms with Gasteiger partial charge in [0.1, 0.15) is 7.85 Å². The summed E-state index contributed by atoms with van der Waals surface area (Å²) >= 11 is 0. The van der Waals surface area contributed by atoms with Crippen molar-refractivity contribution < 1.29 is 0 Å². The lowest BCUT2D eigenvalue weighted by Crippen LogP contribution is -2.01. The summed E-state index contributed by atoms with van der Waals surface area (Å²) in [4.78, 5) is 0. The molecule has 3 rings (SSSR count). The standard InChI is InChI=1S/C16H11BN2/c17-15-11-19(10-12-4-2-1-3-5-12)16-7-6-13(9-18)8-14(15)16/h1-8,11H,10H2. The summed E-state index contributed by atoms with van der Waals surface area (Å²) in [7, 11) is 6.02. The second-order valence-corrected chi connectivity index (χ2v) is 4.54. The topological polar surface area (TPSA) is 28.7 Å². The molecular formula is C16H11BN2. The smallest absolute Gasteiger partial charge is 0.116 e. The summed E-state index contributed by atoms with van der Waals surface area (Å²) in [5, 5.41) is 9.87. The van der Waals surface area contributed by atoms with E-state index in [0.717, 1.165) is 17.4 Å². The van der Waals surface area contributed by atoms with Gasteiger partial charge in [-0.2, -0.15) is 5.26 Å². The summed E-state index contributed by atoms with van der Waals surface area (Å²) in [5.41, 5.74) is 3.63. The number of fused-ring (bicyclic) bond motifs is 1. The fourth-order valence-electron chi connectivity index (χ4n) is 2.31. The number of rotatable bonds is 2. The molecule has 0 atom stereocenters. The van der Waals surface area contributed by atoms with Crippen LogP contribution in [0.3, 0.4) is 0 Å². The summed E-state index contributed by atoms with van der Waals surface area (Å²) in [5.74, 6) is 0. The number of hydrogen-bond acceptors (Lipinski definition) is 1. The molecule has 19 heavy (non-hydrogen) atoms. The first-order chi connectivity index (χ1) is 9.28. The van der Waals surface area contributed by atoms with Crippen molar-refractivity contribution in [3.05, 3.63) is 65.9 Å². The van der Waals surface area contributed by atoms with Gasteiger partial charge in [0.15, 0.2) is 0 Å². The number of benzene rings is 2. The van der Waals surface area contributed by atoms with Crippen LogP contribution >= 0.6 is 0 Å². The molecule has 0 unspecified atom stereocenters. The van der Waals surface area contributed by atoms with Crippen LogP contribution in [-0.4, -0.2) is 12.4 Å². The van der Waals surface area contributed by atoms with Crippen LogP contribution in [0.5, 0.6) is 0 Å². The maximum Gasteiger partial charge on any atom is 0.116 e. The molecular weight excluding hydrogens is 231 g/mol. The fraction of sp³-hybridized carbons (Fsp3) is 0.0625. The monoisotopic (exact) mass is 242 g/mol. The Morgan fingerprint density at radius 1 is 1.11 bits per heavy atom. The van der Waals surface area contributed by atoms with Crippen molar-refractivity contribution in [3.8, 4) is 6.07 Å². The van der Waals surface area contributed by atoms with Gasteiger partial charge in [0.2, 0.25) is 0 Å². The van der Waals surface area contributed by atoms with Crippen molar-refractivity contribution in [1.29, 1.82) is 5.26 Å². The average molecular weight is 242 g/mol. The zero-order valence-corrected chi connectivity index (χ0v) is 10.4. The second kappa shape index (κ2) is 4.66. The van der Waals surface area contributed by atoms with Crippen molar-refractivity contribution >= 4 is 24.2 Å². The van der Waals surface area contributed by atoms with E-state index < -0.39 is 0 Å². The quantitative estimate of drug-likeness (QED) is 0.634. The zero-order valence-electron chi connectivity index (χ0n) is 10.4. The third kappa shape index (κ3) is 2.13. The van der Waals surface area contributed by atoms with E-state index in [0.29, 0.717) is 11.0 Å². The van der Waals surface area contributed by atoms with E-state index in [1.807, 2.05) is 42.6 Å². The largest absolute Gasteiger partial charge is 0.344 e. The first kappa shape index (κ1) is 11.6. The first-order valence-electron chi connectivity index (χ1n) is 6.10. The van der Waals surface area contributed by atoms with Gasteiger partial charge in [0, 0.05) is 12.1 Å². The van der Waals surface area contributed by atoms with Crippen molar-refractivity contribution in [2.75, 3.05) is 0 Å². The average Bonchev–Trinajstić information content (AvgIpc) is 2.76. The Bertz CT molecular complexity index is 767. The normalized spacial score (nSPS) is 10.5. The second-order valence-electron chi connectivity index (χ2n) is 4.54. The molecule has 0 amide bonds. The van der Waals surface area contributed by atoms with Gasteiger partial charge in [-0.25, -0.2) is 0 Å². The first-order valence-corrected chi connectivity index (χ1v) is 6.10. The van der Waals surface area contributed by atoms with Crippen LogP contribution in [0.4, 0.5) is 0 Å². The third-order valence-corrected chi connectivity index (χ3v) is 3.24. The number of hydrogen-bond donors (Lipinski definition) is 0. The Kier molecular flexibility index (Phi) is 2.85. The molecule has 0 N–H and O–H groups in total. The van der Waals surface area contributed by atoms with Crippen LogP contribution < -0.4 is 5.46 Å². The van der Waals surface area contributed by atoms with E-state index >= 15 is 0 Å². The summed E-state index contributed by atoms with van der Waals surface area (Å²) < 4.78 is 2.11. The summed E-state index contributed by atoms with van der Waals surface area (Å²) in [6, 6.07) is 18.0. The molecule has 0 spiro atoms. The third-order valence-electron chi connectivity index (χ3n) is 3.24. The Hall–Kier alpha value is -2.47. The fourth-order valence-corrected chi connectivity index (χ4v) is 2.31. The van der Waals surface area contributed by atoms with Gasteiger partial charge in [-0.1, -0.05) is 35.8 Å². The maximum absolute atomic E-state index is 8.93. The van der Waals surface area contributed by atoms with E-state index in [-0.39, 0.29) is 0 Å². The van der Waals surface area contributed by atoms with Gasteiger partial charge in [0.25, 0.3) is 0 Å². The molecule has 2 aromatic carbocycles. The summed E-state index contributed by atoms with van der Waals surface area (Å²) in [6.45, 7) is 0.778. The predicted octanol–water partition coefficient (Wildman–Crippen LogP) is 2.36. The molecule has 2 nitrogen and oxygen atoms in total. The molecule has 0 aliphatic carbocycles. The van der Waals surface area contributed by atoms with E-state index in [9.17, 15) is 0 Å². The molecule has 2 radical (unpaired) electrons. The minimum atomic E-state index is 0.636. The van der Waals surface area contributed by atoms with Gasteiger partial charge >= 0.3 is 0 Å². The van der Waals surface area contributed by atoms with Crippen LogP contribution in [-0.2, 0) is 6.54 Å².